The summed E-state index contributed by atoms with van der Waals surface area (Å²) in [5, 5.41) is 1.81. The third-order valence-corrected chi connectivity index (χ3v) is 5.79. The molecule has 3 heterocycles. The Morgan fingerprint density at radius 1 is 1.10 bits per heavy atom. The Morgan fingerprint density at radius 3 is 2.48 bits per heavy atom. The molecule has 1 unspecified atom stereocenters. The van der Waals surface area contributed by atoms with Gasteiger partial charge in [-0.2, -0.15) is 0 Å². The molecular weight excluding hydrogens is 364 g/mol. The lowest BCUT2D eigenvalue weighted by atomic mass is 10.00. The Morgan fingerprint density at radius 2 is 1.83 bits per heavy atom. The second kappa shape index (κ2) is 7.69. The van der Waals surface area contributed by atoms with Gasteiger partial charge in [-0.05, 0) is 56.9 Å². The van der Waals surface area contributed by atoms with Gasteiger partial charge < -0.3 is 14.5 Å². The minimum Gasteiger partial charge on any atom is -0.363 e. The third kappa shape index (κ3) is 3.47. The van der Waals surface area contributed by atoms with Gasteiger partial charge in [-0.3, -0.25) is 9.83 Å². The van der Waals surface area contributed by atoms with Gasteiger partial charge >= 0.3 is 0 Å². The highest BCUT2D eigenvalue weighted by atomic mass is 16.7. The number of ether oxygens (including phenoxy) is 1. The first kappa shape index (κ1) is 19.7. The van der Waals surface area contributed by atoms with Gasteiger partial charge in [-0.15, -0.1) is 0 Å². The number of aryl methyl sites for hydroxylation is 3. The number of rotatable bonds is 5. The SMILES string of the molecule is CCN1C=C(C)C(OCc2c(C)cc(C)cc2C)C2=C1N1CN(OC)C=C1C=N2. The number of hydrogen-bond donors (Lipinski definition) is 0. The fourth-order valence-electron chi connectivity index (χ4n) is 4.35. The lowest BCUT2D eigenvalue weighted by molar-refractivity contribution is -0.0970. The third-order valence-electron chi connectivity index (χ3n) is 5.79. The second-order valence-corrected chi connectivity index (χ2v) is 7.92. The first-order valence-electron chi connectivity index (χ1n) is 10.1. The molecule has 0 spiro atoms. The largest absolute Gasteiger partial charge is 0.363 e. The molecule has 29 heavy (non-hydrogen) atoms. The summed E-state index contributed by atoms with van der Waals surface area (Å²) >= 11 is 0. The molecule has 0 aromatic heterocycles. The maximum absolute atomic E-state index is 6.49. The van der Waals surface area contributed by atoms with Crippen molar-refractivity contribution >= 4 is 6.21 Å². The minimum atomic E-state index is -0.165. The minimum absolute atomic E-state index is 0.165. The maximum atomic E-state index is 6.49. The van der Waals surface area contributed by atoms with Crippen LogP contribution in [-0.2, 0) is 16.2 Å². The highest BCUT2D eigenvalue weighted by Crippen LogP contribution is 2.37. The van der Waals surface area contributed by atoms with E-state index in [0.717, 1.165) is 23.8 Å². The molecule has 0 fully saturated rings. The van der Waals surface area contributed by atoms with Crippen LogP contribution in [0, 0.1) is 20.8 Å². The molecule has 0 saturated carbocycles. The molecular formula is C23H30N4O2. The van der Waals surface area contributed by atoms with E-state index < -0.39 is 0 Å². The van der Waals surface area contributed by atoms with Crippen LogP contribution in [0.4, 0.5) is 0 Å². The fourth-order valence-corrected chi connectivity index (χ4v) is 4.35. The molecule has 1 atom stereocenters. The van der Waals surface area contributed by atoms with Crippen LogP contribution in [0.2, 0.25) is 0 Å². The van der Waals surface area contributed by atoms with Crippen LogP contribution < -0.4 is 0 Å². The van der Waals surface area contributed by atoms with Crippen LogP contribution in [0.3, 0.4) is 0 Å². The molecule has 4 rings (SSSR count). The predicted octanol–water partition coefficient (Wildman–Crippen LogP) is 3.97. The first-order valence-corrected chi connectivity index (χ1v) is 10.1. The van der Waals surface area contributed by atoms with Crippen LogP contribution >= 0.6 is 0 Å². The molecule has 0 amide bonds. The average Bonchev–Trinajstić information content (AvgIpc) is 3.11. The van der Waals surface area contributed by atoms with E-state index in [4.69, 9.17) is 14.6 Å². The molecule has 6 heteroatoms. The zero-order chi connectivity index (χ0) is 20.7. The van der Waals surface area contributed by atoms with Crippen molar-refractivity contribution in [1.29, 1.82) is 0 Å². The van der Waals surface area contributed by atoms with E-state index in [2.05, 4.69) is 62.8 Å². The van der Waals surface area contributed by atoms with Crippen LogP contribution in [0.15, 0.2) is 52.3 Å². The summed E-state index contributed by atoms with van der Waals surface area (Å²) in [6.45, 7) is 12.8. The quantitative estimate of drug-likeness (QED) is 0.756. The van der Waals surface area contributed by atoms with E-state index >= 15 is 0 Å². The molecule has 1 aromatic carbocycles. The molecule has 3 aliphatic heterocycles. The number of allylic oxidation sites excluding steroid dienone is 1. The molecule has 1 aromatic rings. The Kier molecular flexibility index (Phi) is 5.23. The van der Waals surface area contributed by atoms with E-state index in [1.807, 2.05) is 17.5 Å². The predicted molar refractivity (Wildman–Crippen MR) is 115 cm³/mol. The lowest BCUT2D eigenvalue weighted by Crippen LogP contribution is -2.41. The Balaban J connectivity index is 1.64. The molecule has 3 aliphatic rings. The topological polar surface area (TPSA) is 40.5 Å². The van der Waals surface area contributed by atoms with Crippen LogP contribution in [0.5, 0.6) is 0 Å². The van der Waals surface area contributed by atoms with Crippen LogP contribution in [0.25, 0.3) is 0 Å². The average molecular weight is 395 g/mol. The monoisotopic (exact) mass is 394 g/mol. The Hall–Kier alpha value is -2.57. The maximum Gasteiger partial charge on any atom is 0.139 e. The summed E-state index contributed by atoms with van der Waals surface area (Å²) in [5.74, 6) is 1.08. The van der Waals surface area contributed by atoms with Gasteiger partial charge in [0.2, 0.25) is 0 Å². The molecule has 154 valence electrons. The zero-order valence-electron chi connectivity index (χ0n) is 18.2. The van der Waals surface area contributed by atoms with Gasteiger partial charge in [-0.1, -0.05) is 17.7 Å². The fraction of sp³-hybridized carbons (Fsp3) is 0.435. The lowest BCUT2D eigenvalue weighted by Gasteiger charge is -2.40. The van der Waals surface area contributed by atoms with E-state index in [-0.39, 0.29) is 6.10 Å². The summed E-state index contributed by atoms with van der Waals surface area (Å²) in [6, 6.07) is 4.44. The van der Waals surface area contributed by atoms with Crippen molar-refractivity contribution < 1.29 is 9.57 Å². The van der Waals surface area contributed by atoms with Crippen LogP contribution in [0.1, 0.15) is 36.1 Å². The normalized spacial score (nSPS) is 20.8. The van der Waals surface area contributed by atoms with Gasteiger partial charge in [0.15, 0.2) is 0 Å². The Bertz CT molecular complexity index is 921. The van der Waals surface area contributed by atoms with Crippen molar-refractivity contribution in [2.24, 2.45) is 4.99 Å². The number of hydroxylamine groups is 2. The highest BCUT2D eigenvalue weighted by molar-refractivity contribution is 5.81. The molecule has 0 radical (unpaired) electrons. The summed E-state index contributed by atoms with van der Waals surface area (Å²) in [7, 11) is 1.68. The highest BCUT2D eigenvalue weighted by Gasteiger charge is 2.37. The van der Waals surface area contributed by atoms with Gasteiger partial charge in [0, 0.05) is 12.7 Å². The van der Waals surface area contributed by atoms with Crippen molar-refractivity contribution in [3.05, 3.63) is 69.6 Å². The van der Waals surface area contributed by atoms with Gasteiger partial charge in [0.05, 0.1) is 31.8 Å². The molecule has 0 bridgehead atoms. The van der Waals surface area contributed by atoms with Crippen molar-refractivity contribution in [1.82, 2.24) is 14.9 Å². The smallest absolute Gasteiger partial charge is 0.139 e. The summed E-state index contributed by atoms with van der Waals surface area (Å²) in [5.41, 5.74) is 8.25. The molecule has 6 nitrogen and oxygen atoms in total. The van der Waals surface area contributed by atoms with Gasteiger partial charge in [-0.25, -0.2) is 5.06 Å². The number of benzene rings is 1. The van der Waals surface area contributed by atoms with Gasteiger partial charge in [0.25, 0.3) is 0 Å². The number of aliphatic imine (C=N–C) groups is 1. The first-order chi connectivity index (χ1) is 13.9. The summed E-state index contributed by atoms with van der Waals surface area (Å²) in [6.07, 6.45) is 5.90. The van der Waals surface area contributed by atoms with E-state index in [9.17, 15) is 0 Å². The summed E-state index contributed by atoms with van der Waals surface area (Å²) in [4.78, 5) is 14.7. The van der Waals surface area contributed by atoms with Crippen molar-refractivity contribution in [3.63, 3.8) is 0 Å². The molecule has 0 N–H and O–H groups in total. The Labute approximate surface area is 173 Å². The second-order valence-electron chi connectivity index (χ2n) is 7.92. The van der Waals surface area contributed by atoms with Gasteiger partial charge in [0.1, 0.15) is 24.3 Å². The number of hydrogen-bond acceptors (Lipinski definition) is 6. The molecule has 0 saturated heterocycles. The standard InChI is InChI=1S/C23H30N4O2/c1-7-25-11-18(5)22(29-13-20-16(3)8-15(2)9-17(20)4)21-23(25)27-14-26(28-6)12-19(27)10-24-21/h8-12,22H,7,13-14H2,1-6H3. The molecule has 0 aliphatic carbocycles. The van der Waals surface area contributed by atoms with Crippen molar-refractivity contribution in [2.75, 3.05) is 20.3 Å². The van der Waals surface area contributed by atoms with Crippen molar-refractivity contribution in [2.45, 2.75) is 47.3 Å². The number of fused-ring (bicyclic) bond motifs is 2. The van der Waals surface area contributed by atoms with Crippen molar-refractivity contribution in [3.8, 4) is 0 Å². The van der Waals surface area contributed by atoms with E-state index in [0.29, 0.717) is 13.3 Å². The number of nitrogens with zero attached hydrogens (tertiary/aromatic N) is 4. The zero-order valence-corrected chi connectivity index (χ0v) is 18.2. The van der Waals surface area contributed by atoms with E-state index in [1.165, 1.54) is 27.8 Å². The van der Waals surface area contributed by atoms with Crippen LogP contribution in [-0.4, -0.2) is 47.5 Å². The summed E-state index contributed by atoms with van der Waals surface area (Å²) < 4.78 is 6.49. The van der Waals surface area contributed by atoms with E-state index in [1.54, 1.807) is 7.11 Å².